The van der Waals surface area contributed by atoms with Crippen molar-refractivity contribution in [3.05, 3.63) is 53.1 Å². The molecule has 34 heavy (non-hydrogen) atoms. The van der Waals surface area contributed by atoms with Crippen LogP contribution in [0.3, 0.4) is 0 Å². The second kappa shape index (κ2) is 11.1. The molecule has 4 N–H and O–H groups in total. The Morgan fingerprint density at radius 2 is 2.12 bits per heavy atom. The lowest BCUT2D eigenvalue weighted by Crippen LogP contribution is -2.47. The Morgan fingerprint density at radius 3 is 2.94 bits per heavy atom. The van der Waals surface area contributed by atoms with Crippen LogP contribution in [0.2, 0.25) is 0 Å². The number of anilines is 3. The van der Waals surface area contributed by atoms with E-state index in [1.807, 2.05) is 34.9 Å². The summed E-state index contributed by atoms with van der Waals surface area (Å²) in [6, 6.07) is 12.6. The van der Waals surface area contributed by atoms with E-state index in [4.69, 9.17) is 17.0 Å². The van der Waals surface area contributed by atoms with Crippen LogP contribution in [0.4, 0.5) is 17.1 Å². The van der Waals surface area contributed by atoms with Crippen LogP contribution in [0.15, 0.2) is 42.5 Å². The van der Waals surface area contributed by atoms with Gasteiger partial charge in [0.1, 0.15) is 11.6 Å². The number of carbonyl (C=O) groups is 1. The molecule has 0 saturated carbocycles. The van der Waals surface area contributed by atoms with Gasteiger partial charge < -0.3 is 30.6 Å². The van der Waals surface area contributed by atoms with Crippen molar-refractivity contribution in [1.29, 1.82) is 0 Å². The van der Waals surface area contributed by atoms with Crippen LogP contribution < -0.4 is 25.8 Å². The number of carboxylic acid groups (broad SMARTS) is 1. The number of aryl methyl sites for hydroxylation is 1. The number of ether oxygens (including phenoxy) is 1. The number of nitrogens with one attached hydrogen (secondary N) is 4. The van der Waals surface area contributed by atoms with Crippen molar-refractivity contribution in [2.75, 3.05) is 29.2 Å². The van der Waals surface area contributed by atoms with Crippen molar-refractivity contribution in [3.8, 4) is 11.4 Å². The first-order valence-corrected chi connectivity index (χ1v) is 11.9. The van der Waals surface area contributed by atoms with E-state index in [9.17, 15) is 9.90 Å². The van der Waals surface area contributed by atoms with E-state index in [0.717, 1.165) is 35.7 Å². The van der Waals surface area contributed by atoms with E-state index in [2.05, 4.69) is 33.1 Å². The van der Waals surface area contributed by atoms with Gasteiger partial charge in [0, 0.05) is 24.7 Å². The van der Waals surface area contributed by atoms with Crippen molar-refractivity contribution >= 4 is 35.2 Å². The van der Waals surface area contributed by atoms with Crippen LogP contribution in [0.25, 0.3) is 5.69 Å². The molecule has 0 fully saturated rings. The summed E-state index contributed by atoms with van der Waals surface area (Å²) in [5.74, 6) is 0.464. The lowest BCUT2D eigenvalue weighted by Gasteiger charge is -2.29. The summed E-state index contributed by atoms with van der Waals surface area (Å²) in [7, 11) is 0. The summed E-state index contributed by atoms with van der Waals surface area (Å²) in [4.78, 5) is 11.1. The Balaban J connectivity index is 1.37. The van der Waals surface area contributed by atoms with Gasteiger partial charge in [-0.2, -0.15) is 5.10 Å². The summed E-state index contributed by atoms with van der Waals surface area (Å²) in [5.41, 5.74) is 3.33. The average Bonchev–Trinajstić information content (AvgIpc) is 3.21. The molecule has 0 saturated heterocycles. The standard InChI is InChI=1S/C24H30N6O3S/c1-2-3-4-5-9-22-28-29-24(34)30(22)17-8-6-7-16(12-17)26-15-33-18-10-11-19-20(13-18)25-14-21(27-19)23(31)32/h6-8,10-13,21,25-27H,2-5,9,14-15H2,1H3,(H,29,34)(H,31,32)/p-1. The first kappa shape index (κ1) is 23.6. The Bertz CT molecular complexity index is 1190. The van der Waals surface area contributed by atoms with Gasteiger partial charge >= 0.3 is 0 Å². The second-order valence-corrected chi connectivity index (χ2v) is 8.60. The van der Waals surface area contributed by atoms with E-state index in [1.165, 1.54) is 19.3 Å². The molecule has 1 aliphatic rings. The second-order valence-electron chi connectivity index (χ2n) is 8.21. The van der Waals surface area contributed by atoms with Crippen LogP contribution in [-0.4, -0.2) is 40.1 Å². The first-order valence-electron chi connectivity index (χ1n) is 11.5. The van der Waals surface area contributed by atoms with E-state index < -0.39 is 12.0 Å². The highest BCUT2D eigenvalue weighted by molar-refractivity contribution is 7.71. The van der Waals surface area contributed by atoms with Gasteiger partial charge in [-0.05, 0) is 49.0 Å². The molecule has 9 nitrogen and oxygen atoms in total. The summed E-state index contributed by atoms with van der Waals surface area (Å²) >= 11 is 5.47. The van der Waals surface area contributed by atoms with Crippen molar-refractivity contribution in [3.63, 3.8) is 0 Å². The minimum atomic E-state index is -1.13. The van der Waals surface area contributed by atoms with Crippen LogP contribution >= 0.6 is 12.2 Å². The molecule has 1 aromatic heterocycles. The summed E-state index contributed by atoms with van der Waals surface area (Å²) in [5, 5.41) is 27.7. The van der Waals surface area contributed by atoms with Gasteiger partial charge in [-0.15, -0.1) is 0 Å². The summed E-state index contributed by atoms with van der Waals surface area (Å²) in [6.07, 6.45) is 5.56. The number of aromatic nitrogens is 3. The third kappa shape index (κ3) is 5.69. The van der Waals surface area contributed by atoms with Crippen molar-refractivity contribution in [1.82, 2.24) is 14.8 Å². The molecule has 2 aromatic carbocycles. The molecule has 0 amide bonds. The van der Waals surface area contributed by atoms with Crippen molar-refractivity contribution in [2.24, 2.45) is 0 Å². The van der Waals surface area contributed by atoms with Gasteiger partial charge in [0.2, 0.25) is 0 Å². The zero-order chi connectivity index (χ0) is 23.9. The fourth-order valence-corrected chi connectivity index (χ4v) is 4.17. The number of hydrogen-bond acceptors (Lipinski definition) is 8. The number of H-pyrrole nitrogens is 1. The molecule has 0 radical (unpaired) electrons. The quantitative estimate of drug-likeness (QED) is 0.187. The molecule has 0 bridgehead atoms. The number of nitrogens with zero attached hydrogens (tertiary/aromatic N) is 2. The highest BCUT2D eigenvalue weighted by Crippen LogP contribution is 2.30. The van der Waals surface area contributed by atoms with Crippen molar-refractivity contribution in [2.45, 2.75) is 45.1 Å². The fraction of sp³-hybridized carbons (Fsp3) is 0.375. The third-order valence-corrected chi connectivity index (χ3v) is 5.99. The highest BCUT2D eigenvalue weighted by Gasteiger charge is 2.18. The molecular weight excluding hydrogens is 452 g/mol. The number of rotatable bonds is 11. The zero-order valence-corrected chi connectivity index (χ0v) is 19.9. The topological polar surface area (TPSA) is 119 Å². The Kier molecular flexibility index (Phi) is 7.69. The third-order valence-electron chi connectivity index (χ3n) is 5.72. The largest absolute Gasteiger partial charge is 0.548 e. The fourth-order valence-electron chi connectivity index (χ4n) is 3.91. The van der Waals surface area contributed by atoms with Gasteiger partial charge in [0.15, 0.2) is 11.5 Å². The smallest absolute Gasteiger partial charge is 0.199 e. The number of fused-ring (bicyclic) bond motifs is 1. The minimum Gasteiger partial charge on any atom is -0.548 e. The van der Waals surface area contributed by atoms with Gasteiger partial charge in [0.25, 0.3) is 0 Å². The Hall–Kier alpha value is -3.53. The Morgan fingerprint density at radius 1 is 1.24 bits per heavy atom. The maximum absolute atomic E-state index is 11.1. The first-order chi connectivity index (χ1) is 16.5. The van der Waals surface area contributed by atoms with Gasteiger partial charge in [-0.3, -0.25) is 9.67 Å². The minimum absolute atomic E-state index is 0.251. The number of carboxylic acids is 1. The highest BCUT2D eigenvalue weighted by atomic mass is 32.1. The average molecular weight is 482 g/mol. The lowest BCUT2D eigenvalue weighted by atomic mass is 10.1. The Labute approximate surface area is 203 Å². The zero-order valence-electron chi connectivity index (χ0n) is 19.1. The number of aromatic amines is 1. The molecular formula is C24H29N6O3S-. The summed E-state index contributed by atoms with van der Waals surface area (Å²) in [6.45, 7) is 2.71. The monoisotopic (exact) mass is 481 g/mol. The van der Waals surface area contributed by atoms with E-state index in [-0.39, 0.29) is 13.3 Å². The van der Waals surface area contributed by atoms with E-state index >= 15 is 0 Å². The SMILES string of the molecule is CCCCCCc1n[nH]c(=S)n1-c1cccc(NCOc2ccc3c(c2)NCC(C(=O)[O-])N3)c1. The molecule has 0 spiro atoms. The van der Waals surface area contributed by atoms with Crippen molar-refractivity contribution < 1.29 is 14.6 Å². The van der Waals surface area contributed by atoms with Crippen LogP contribution in [-0.2, 0) is 11.2 Å². The molecule has 1 atom stereocenters. The van der Waals surface area contributed by atoms with Gasteiger partial charge in [-0.25, -0.2) is 0 Å². The maximum Gasteiger partial charge on any atom is 0.199 e. The number of carbonyl (C=O) groups excluding carboxylic acids is 1. The van der Waals surface area contributed by atoms with Gasteiger partial charge in [-0.1, -0.05) is 32.3 Å². The number of aliphatic carboxylic acids is 1. The van der Waals surface area contributed by atoms with Crippen LogP contribution in [0.1, 0.15) is 38.4 Å². The molecule has 180 valence electrons. The van der Waals surface area contributed by atoms with E-state index in [0.29, 0.717) is 16.2 Å². The lowest BCUT2D eigenvalue weighted by molar-refractivity contribution is -0.306. The molecule has 0 aliphatic carbocycles. The number of benzene rings is 2. The maximum atomic E-state index is 11.1. The predicted octanol–water partition coefficient (Wildman–Crippen LogP) is 3.46. The molecule has 4 rings (SSSR count). The number of hydrogen-bond donors (Lipinski definition) is 4. The van der Waals surface area contributed by atoms with E-state index in [1.54, 1.807) is 12.1 Å². The van der Waals surface area contributed by atoms with Gasteiger partial charge in [0.05, 0.1) is 29.1 Å². The van der Waals surface area contributed by atoms with Crippen LogP contribution in [0.5, 0.6) is 5.75 Å². The predicted molar refractivity (Wildman–Crippen MR) is 133 cm³/mol. The van der Waals surface area contributed by atoms with Crippen LogP contribution in [0, 0.1) is 4.77 Å². The molecule has 2 heterocycles. The molecule has 1 aliphatic heterocycles. The number of unbranched alkanes of at least 4 members (excludes halogenated alkanes) is 3. The molecule has 1 unspecified atom stereocenters. The molecule has 3 aromatic rings. The summed E-state index contributed by atoms with van der Waals surface area (Å²) < 4.78 is 8.41. The molecule has 10 heteroatoms. The normalized spacial score (nSPS) is 14.6.